The molecule has 0 radical (unpaired) electrons. The van der Waals surface area contributed by atoms with Gasteiger partial charge in [-0.15, -0.1) is 0 Å². The Morgan fingerprint density at radius 1 is 0.375 bits per heavy atom. The van der Waals surface area contributed by atoms with Crippen LogP contribution in [0.15, 0.2) is 211 Å². The summed E-state index contributed by atoms with van der Waals surface area (Å²) in [7, 11) is 0. The zero-order valence-electron chi connectivity index (χ0n) is 30.4. The highest BCUT2D eigenvalue weighted by Gasteiger charge is 2.21. The number of hydrogen-bond donors (Lipinski definition) is 0. The molecule has 0 aliphatic heterocycles. The Labute approximate surface area is 324 Å². The second-order valence-electron chi connectivity index (χ2n) is 14.3. The lowest BCUT2D eigenvalue weighted by molar-refractivity contribution is 0.623. The highest BCUT2D eigenvalue weighted by atomic mass is 16.3. The van der Waals surface area contributed by atoms with Gasteiger partial charge in [-0.25, -0.2) is 4.98 Å². The van der Waals surface area contributed by atoms with E-state index in [1.165, 1.54) is 27.5 Å². The minimum absolute atomic E-state index is 0.627. The van der Waals surface area contributed by atoms with Gasteiger partial charge in [0.1, 0.15) is 5.52 Å². The Balaban J connectivity index is 1.17. The van der Waals surface area contributed by atoms with Crippen LogP contribution in [0.5, 0.6) is 0 Å². The quantitative estimate of drug-likeness (QED) is 0.161. The SMILES string of the molecule is c1ccc(-c2ccc3cc(N(c4ccccc4-c4ccccc4)c4cccc5c4ccc4ccc6ccc7nc(-c8ccccc8)oc7c6c45)ccc3c2)cc1. The van der Waals surface area contributed by atoms with Gasteiger partial charge < -0.3 is 9.32 Å². The molecule has 0 aliphatic carbocycles. The summed E-state index contributed by atoms with van der Waals surface area (Å²) in [6.07, 6.45) is 0. The van der Waals surface area contributed by atoms with Gasteiger partial charge >= 0.3 is 0 Å². The first-order valence-electron chi connectivity index (χ1n) is 19.0. The first-order valence-corrected chi connectivity index (χ1v) is 19.0. The highest BCUT2D eigenvalue weighted by Crippen LogP contribution is 2.46. The van der Waals surface area contributed by atoms with E-state index in [-0.39, 0.29) is 0 Å². The van der Waals surface area contributed by atoms with Crippen molar-refractivity contribution in [3.8, 4) is 33.7 Å². The Kier molecular flexibility index (Phi) is 7.49. The highest BCUT2D eigenvalue weighted by molar-refractivity contribution is 6.27. The first-order chi connectivity index (χ1) is 27.8. The van der Waals surface area contributed by atoms with Gasteiger partial charge in [0.15, 0.2) is 5.58 Å². The summed E-state index contributed by atoms with van der Waals surface area (Å²) in [6.45, 7) is 0. The average molecular weight is 715 g/mol. The van der Waals surface area contributed by atoms with Gasteiger partial charge in [0, 0.05) is 33.0 Å². The lowest BCUT2D eigenvalue weighted by Crippen LogP contribution is -2.11. The van der Waals surface area contributed by atoms with E-state index in [1.54, 1.807) is 0 Å². The minimum atomic E-state index is 0.627. The molecule has 11 aromatic rings. The van der Waals surface area contributed by atoms with E-state index in [9.17, 15) is 0 Å². The van der Waals surface area contributed by atoms with Crippen molar-refractivity contribution >= 4 is 71.3 Å². The van der Waals surface area contributed by atoms with Gasteiger partial charge in [0.25, 0.3) is 0 Å². The fraction of sp³-hybridized carbons (Fsp3) is 0. The van der Waals surface area contributed by atoms with E-state index < -0.39 is 0 Å². The molecular formula is C53H34N2O. The first kappa shape index (κ1) is 32.0. The number of hydrogen-bond acceptors (Lipinski definition) is 3. The van der Waals surface area contributed by atoms with E-state index in [0.29, 0.717) is 5.89 Å². The van der Waals surface area contributed by atoms with Gasteiger partial charge in [-0.1, -0.05) is 158 Å². The molecule has 3 heteroatoms. The average Bonchev–Trinajstić information content (AvgIpc) is 3.72. The number of benzene rings is 10. The van der Waals surface area contributed by atoms with Crippen molar-refractivity contribution in [2.24, 2.45) is 0 Å². The molecule has 10 aromatic carbocycles. The van der Waals surface area contributed by atoms with Crippen LogP contribution in [-0.4, -0.2) is 4.98 Å². The third-order valence-corrected chi connectivity index (χ3v) is 11.0. The summed E-state index contributed by atoms with van der Waals surface area (Å²) in [5, 5.41) is 9.20. The Bertz CT molecular complexity index is 3240. The fourth-order valence-electron chi connectivity index (χ4n) is 8.38. The van der Waals surface area contributed by atoms with Crippen LogP contribution in [0.25, 0.3) is 87.9 Å². The van der Waals surface area contributed by atoms with Gasteiger partial charge in [-0.05, 0) is 92.2 Å². The second kappa shape index (κ2) is 13.1. The summed E-state index contributed by atoms with van der Waals surface area (Å²) in [6, 6.07) is 73.6. The van der Waals surface area contributed by atoms with Crippen LogP contribution in [0, 0.1) is 0 Å². The summed E-state index contributed by atoms with van der Waals surface area (Å²) < 4.78 is 6.66. The fourth-order valence-corrected chi connectivity index (χ4v) is 8.38. The number of anilines is 3. The minimum Gasteiger partial charge on any atom is -0.435 e. The molecule has 11 rings (SSSR count). The number of para-hydroxylation sites is 1. The summed E-state index contributed by atoms with van der Waals surface area (Å²) in [5.41, 5.74) is 10.7. The normalized spacial score (nSPS) is 11.6. The Morgan fingerprint density at radius 3 is 1.79 bits per heavy atom. The predicted molar refractivity (Wildman–Crippen MR) is 235 cm³/mol. The number of nitrogens with zero attached hydrogens (tertiary/aromatic N) is 2. The van der Waals surface area contributed by atoms with E-state index in [1.807, 2.05) is 30.3 Å². The Morgan fingerprint density at radius 2 is 0.982 bits per heavy atom. The molecule has 0 N–H and O–H groups in total. The summed E-state index contributed by atoms with van der Waals surface area (Å²) in [5.74, 6) is 0.627. The number of aromatic nitrogens is 1. The van der Waals surface area contributed by atoms with Gasteiger partial charge in [-0.3, -0.25) is 0 Å². The molecule has 1 aromatic heterocycles. The van der Waals surface area contributed by atoms with Crippen LogP contribution < -0.4 is 4.90 Å². The molecule has 262 valence electrons. The van der Waals surface area contributed by atoms with Crippen molar-refractivity contribution in [3.63, 3.8) is 0 Å². The topological polar surface area (TPSA) is 29.3 Å². The van der Waals surface area contributed by atoms with Crippen molar-refractivity contribution in [1.82, 2.24) is 4.98 Å². The lowest BCUT2D eigenvalue weighted by Gasteiger charge is -2.29. The van der Waals surface area contributed by atoms with Gasteiger partial charge in [-0.2, -0.15) is 0 Å². The van der Waals surface area contributed by atoms with Crippen molar-refractivity contribution in [2.45, 2.75) is 0 Å². The molecule has 1 heterocycles. The second-order valence-corrected chi connectivity index (χ2v) is 14.3. The van der Waals surface area contributed by atoms with Crippen LogP contribution in [0.4, 0.5) is 17.1 Å². The molecule has 56 heavy (non-hydrogen) atoms. The van der Waals surface area contributed by atoms with Gasteiger partial charge in [0.05, 0.1) is 11.4 Å². The van der Waals surface area contributed by atoms with Crippen LogP contribution >= 0.6 is 0 Å². The van der Waals surface area contributed by atoms with Crippen molar-refractivity contribution < 1.29 is 4.42 Å². The molecule has 0 bridgehead atoms. The maximum Gasteiger partial charge on any atom is 0.227 e. The third kappa shape index (κ3) is 5.32. The zero-order valence-corrected chi connectivity index (χ0v) is 30.4. The van der Waals surface area contributed by atoms with Gasteiger partial charge in [0.2, 0.25) is 5.89 Å². The van der Waals surface area contributed by atoms with E-state index in [2.05, 4.69) is 181 Å². The molecule has 0 amide bonds. The molecule has 0 saturated carbocycles. The van der Waals surface area contributed by atoms with E-state index in [4.69, 9.17) is 9.40 Å². The predicted octanol–water partition coefficient (Wildman–Crippen LogP) is 14.9. The van der Waals surface area contributed by atoms with Crippen LogP contribution in [-0.2, 0) is 0 Å². The largest absolute Gasteiger partial charge is 0.435 e. The number of fused-ring (bicyclic) bond motifs is 8. The number of rotatable bonds is 6. The van der Waals surface area contributed by atoms with E-state index in [0.717, 1.165) is 71.6 Å². The molecule has 0 spiro atoms. The van der Waals surface area contributed by atoms with Crippen molar-refractivity contribution in [2.75, 3.05) is 4.90 Å². The van der Waals surface area contributed by atoms with Crippen LogP contribution in [0.1, 0.15) is 0 Å². The lowest BCUT2D eigenvalue weighted by atomic mass is 9.94. The zero-order chi connectivity index (χ0) is 37.0. The molecule has 0 unspecified atom stereocenters. The smallest absolute Gasteiger partial charge is 0.227 e. The summed E-state index contributed by atoms with van der Waals surface area (Å²) in [4.78, 5) is 7.39. The standard InChI is InChI=1S/C53H34N2O/c1-4-13-35(14-5-1)40-25-26-42-34-43(30-27-41(42)33-40)55(48-21-11-10-19-44(48)36-15-6-2-7-16-36)49-22-12-20-46-45(49)31-28-37-23-24-38-29-32-47-52(51(38)50(37)46)56-53(54-47)39-17-8-3-9-18-39/h1-34H. The Hall–Kier alpha value is -7.49. The maximum absolute atomic E-state index is 6.66. The molecule has 0 saturated heterocycles. The third-order valence-electron chi connectivity index (χ3n) is 11.0. The van der Waals surface area contributed by atoms with Crippen molar-refractivity contribution in [3.05, 3.63) is 206 Å². The van der Waals surface area contributed by atoms with Crippen molar-refractivity contribution in [1.29, 1.82) is 0 Å². The molecule has 3 nitrogen and oxygen atoms in total. The molecule has 0 aliphatic rings. The number of oxazole rings is 1. The maximum atomic E-state index is 6.66. The molecular weight excluding hydrogens is 681 g/mol. The van der Waals surface area contributed by atoms with E-state index >= 15 is 0 Å². The van der Waals surface area contributed by atoms with Crippen LogP contribution in [0.2, 0.25) is 0 Å². The van der Waals surface area contributed by atoms with Crippen LogP contribution in [0.3, 0.4) is 0 Å². The molecule has 0 fully saturated rings. The molecule has 0 atom stereocenters. The monoisotopic (exact) mass is 714 g/mol. The summed E-state index contributed by atoms with van der Waals surface area (Å²) >= 11 is 0.